The Balaban J connectivity index is 1.58. The van der Waals surface area contributed by atoms with Gasteiger partial charge in [-0.25, -0.2) is 4.98 Å². The van der Waals surface area contributed by atoms with Crippen LogP contribution < -0.4 is 9.47 Å². The number of carbonyl (C=O) groups excluding carboxylic acids is 1. The summed E-state index contributed by atoms with van der Waals surface area (Å²) >= 11 is 8.83. The third kappa shape index (κ3) is 5.98. The molecule has 1 unspecified atom stereocenters. The van der Waals surface area contributed by atoms with E-state index >= 15 is 0 Å². The highest BCUT2D eigenvalue weighted by molar-refractivity contribution is 8.15. The summed E-state index contributed by atoms with van der Waals surface area (Å²) < 4.78 is 12.6. The van der Waals surface area contributed by atoms with E-state index in [2.05, 4.69) is 24.6 Å². The van der Waals surface area contributed by atoms with Crippen molar-refractivity contribution in [3.63, 3.8) is 0 Å². The fourth-order valence-electron chi connectivity index (χ4n) is 2.27. The molecule has 3 rings (SSSR count). The molecule has 0 aliphatic rings. The first kappa shape index (κ1) is 21.2. The van der Waals surface area contributed by atoms with Gasteiger partial charge in [0.1, 0.15) is 11.5 Å². The van der Waals surface area contributed by atoms with Crippen molar-refractivity contribution in [3.8, 4) is 16.7 Å². The first-order valence-electron chi connectivity index (χ1n) is 8.87. The summed E-state index contributed by atoms with van der Waals surface area (Å²) in [6.45, 7) is 8.53. The molecule has 0 N–H and O–H groups in total. The lowest BCUT2D eigenvalue weighted by molar-refractivity contribution is -0.116. The standard InChI is InChI=1S/C20H22ClNO3S2Si/c1-13(19(23)26-12-28(2,3)4)24-15-6-8-16(9-7-15)25-20-22-17-10-5-14(21)11-18(17)27-20/h5-11,13H,12H2,1-4H3. The zero-order chi connectivity index (χ0) is 20.3. The van der Waals surface area contributed by atoms with Gasteiger partial charge in [-0.1, -0.05) is 54.3 Å². The predicted molar refractivity (Wildman–Crippen MR) is 122 cm³/mol. The second-order valence-corrected chi connectivity index (χ2v) is 16.0. The molecule has 0 aliphatic carbocycles. The molecule has 0 radical (unpaired) electrons. The monoisotopic (exact) mass is 451 g/mol. The number of thioether (sulfide) groups is 1. The Hall–Kier alpha value is -1.54. The van der Waals surface area contributed by atoms with Crippen LogP contribution in [0.15, 0.2) is 42.5 Å². The lowest BCUT2D eigenvalue weighted by Gasteiger charge is -2.17. The summed E-state index contributed by atoms with van der Waals surface area (Å²) in [7, 11) is -1.26. The third-order valence-electron chi connectivity index (χ3n) is 3.65. The van der Waals surface area contributed by atoms with Gasteiger partial charge in [-0.05, 0) is 54.8 Å². The van der Waals surface area contributed by atoms with Crippen molar-refractivity contribution in [2.75, 3.05) is 5.38 Å². The van der Waals surface area contributed by atoms with Crippen LogP contribution in [0.3, 0.4) is 0 Å². The zero-order valence-corrected chi connectivity index (χ0v) is 19.6. The van der Waals surface area contributed by atoms with E-state index in [0.29, 0.717) is 21.7 Å². The van der Waals surface area contributed by atoms with Crippen molar-refractivity contribution in [1.82, 2.24) is 4.98 Å². The fourth-order valence-corrected chi connectivity index (χ4v) is 5.96. The van der Waals surface area contributed by atoms with Crippen molar-refractivity contribution >= 4 is 58.1 Å². The molecule has 148 valence electrons. The van der Waals surface area contributed by atoms with Crippen LogP contribution in [0.5, 0.6) is 16.7 Å². The Morgan fingerprint density at radius 2 is 1.86 bits per heavy atom. The normalized spacial score (nSPS) is 12.8. The van der Waals surface area contributed by atoms with Crippen molar-refractivity contribution in [2.45, 2.75) is 32.7 Å². The van der Waals surface area contributed by atoms with Gasteiger partial charge in [-0.15, -0.1) is 0 Å². The predicted octanol–water partition coefficient (Wildman–Crippen LogP) is 6.65. The van der Waals surface area contributed by atoms with Crippen LogP contribution in [-0.2, 0) is 4.79 Å². The zero-order valence-electron chi connectivity index (χ0n) is 16.2. The van der Waals surface area contributed by atoms with Crippen LogP contribution >= 0.6 is 34.7 Å². The number of thiazole rings is 1. The summed E-state index contributed by atoms with van der Waals surface area (Å²) in [5, 5.41) is 2.20. The number of carbonyl (C=O) groups is 1. The summed E-state index contributed by atoms with van der Waals surface area (Å²) in [4.78, 5) is 16.7. The highest BCUT2D eigenvalue weighted by Crippen LogP contribution is 2.33. The highest BCUT2D eigenvalue weighted by Gasteiger charge is 2.20. The minimum absolute atomic E-state index is 0.0656. The summed E-state index contributed by atoms with van der Waals surface area (Å²) in [5.41, 5.74) is 0.854. The maximum Gasteiger partial charge on any atom is 0.279 e. The average Bonchev–Trinajstić information content (AvgIpc) is 3.02. The second-order valence-electron chi connectivity index (χ2n) is 7.59. The Morgan fingerprint density at radius 1 is 1.18 bits per heavy atom. The van der Waals surface area contributed by atoms with E-state index in [4.69, 9.17) is 21.1 Å². The molecule has 3 aromatic rings. The number of aromatic nitrogens is 1. The van der Waals surface area contributed by atoms with E-state index in [-0.39, 0.29) is 5.12 Å². The van der Waals surface area contributed by atoms with Gasteiger partial charge in [0.25, 0.3) is 5.19 Å². The largest absolute Gasteiger partial charge is 0.482 e. The minimum atomic E-state index is -1.26. The molecule has 0 bridgehead atoms. The van der Waals surface area contributed by atoms with Gasteiger partial charge in [0.05, 0.1) is 18.3 Å². The van der Waals surface area contributed by atoms with Crippen LogP contribution in [0, 0.1) is 0 Å². The lowest BCUT2D eigenvalue weighted by atomic mass is 10.3. The van der Waals surface area contributed by atoms with Gasteiger partial charge in [-0.2, -0.15) is 0 Å². The molecule has 0 fully saturated rings. The number of nitrogens with zero attached hydrogens (tertiary/aromatic N) is 1. The topological polar surface area (TPSA) is 48.4 Å². The van der Waals surface area contributed by atoms with E-state index in [0.717, 1.165) is 15.6 Å². The van der Waals surface area contributed by atoms with Crippen molar-refractivity contribution in [1.29, 1.82) is 0 Å². The van der Waals surface area contributed by atoms with Gasteiger partial charge in [-0.3, -0.25) is 4.79 Å². The summed E-state index contributed by atoms with van der Waals surface area (Å²) in [6.07, 6.45) is -0.484. The maximum absolute atomic E-state index is 12.2. The minimum Gasteiger partial charge on any atom is -0.482 e. The van der Waals surface area contributed by atoms with Gasteiger partial charge in [0.15, 0.2) is 6.10 Å². The van der Waals surface area contributed by atoms with Crippen molar-refractivity contribution in [3.05, 3.63) is 47.5 Å². The Kier molecular flexibility index (Phi) is 6.70. The molecule has 28 heavy (non-hydrogen) atoms. The summed E-state index contributed by atoms with van der Waals surface area (Å²) in [6, 6.07) is 12.8. The van der Waals surface area contributed by atoms with Gasteiger partial charge < -0.3 is 9.47 Å². The highest BCUT2D eigenvalue weighted by atomic mass is 35.5. The van der Waals surface area contributed by atoms with Crippen LogP contribution in [-0.4, -0.2) is 29.7 Å². The number of hydrogen-bond acceptors (Lipinski definition) is 6. The van der Waals surface area contributed by atoms with E-state index < -0.39 is 14.2 Å². The number of fused-ring (bicyclic) bond motifs is 1. The van der Waals surface area contributed by atoms with Gasteiger partial charge >= 0.3 is 0 Å². The molecule has 0 spiro atoms. The van der Waals surface area contributed by atoms with E-state index in [1.54, 1.807) is 31.2 Å². The number of ether oxygens (including phenoxy) is 2. The Bertz CT molecular complexity index is 970. The number of halogens is 1. The molecule has 8 heteroatoms. The number of hydrogen-bond donors (Lipinski definition) is 0. The SMILES string of the molecule is CC(Oc1ccc(Oc2nc3ccc(Cl)cc3s2)cc1)C(=O)SC[Si](C)(C)C. The molecular formula is C20H22ClNO3S2Si. The van der Waals surface area contributed by atoms with Gasteiger partial charge in [0, 0.05) is 5.02 Å². The van der Waals surface area contributed by atoms with Crippen molar-refractivity contribution < 1.29 is 14.3 Å². The van der Waals surface area contributed by atoms with Crippen LogP contribution in [0.2, 0.25) is 24.7 Å². The first-order valence-corrected chi connectivity index (χ1v) is 14.8. The second kappa shape index (κ2) is 8.86. The molecule has 0 saturated heterocycles. The smallest absolute Gasteiger partial charge is 0.279 e. The first-order chi connectivity index (χ1) is 13.2. The molecule has 0 saturated carbocycles. The molecule has 1 aromatic heterocycles. The van der Waals surface area contributed by atoms with E-state index in [1.807, 2.05) is 18.2 Å². The van der Waals surface area contributed by atoms with Crippen molar-refractivity contribution in [2.24, 2.45) is 0 Å². The van der Waals surface area contributed by atoms with Crippen LogP contribution in [0.4, 0.5) is 0 Å². The third-order valence-corrected chi connectivity index (χ3v) is 9.44. The molecule has 2 aromatic carbocycles. The lowest BCUT2D eigenvalue weighted by Crippen LogP contribution is -2.28. The molecule has 1 heterocycles. The number of rotatable bonds is 7. The molecule has 0 amide bonds. The Labute approximate surface area is 179 Å². The molecule has 0 aliphatic heterocycles. The molecule has 4 nitrogen and oxygen atoms in total. The molecule has 1 atom stereocenters. The van der Waals surface area contributed by atoms with Crippen LogP contribution in [0.1, 0.15) is 6.92 Å². The summed E-state index contributed by atoms with van der Waals surface area (Å²) in [5.74, 6) is 1.29. The quantitative estimate of drug-likeness (QED) is 0.376. The Morgan fingerprint density at radius 3 is 2.54 bits per heavy atom. The van der Waals surface area contributed by atoms with E-state index in [9.17, 15) is 4.79 Å². The van der Waals surface area contributed by atoms with E-state index in [1.165, 1.54) is 23.1 Å². The van der Waals surface area contributed by atoms with Gasteiger partial charge in [0.2, 0.25) is 5.12 Å². The average molecular weight is 452 g/mol. The van der Waals surface area contributed by atoms with Crippen LogP contribution in [0.25, 0.3) is 10.2 Å². The number of benzene rings is 2. The fraction of sp³-hybridized carbons (Fsp3) is 0.300. The maximum atomic E-state index is 12.2. The molecular weight excluding hydrogens is 430 g/mol.